The summed E-state index contributed by atoms with van der Waals surface area (Å²) < 4.78 is 88.2. The molecule has 4 aromatic rings. The van der Waals surface area contributed by atoms with Crippen LogP contribution in [-0.4, -0.2) is 40.5 Å². The molecule has 0 atom stereocenters. The second-order valence-corrected chi connectivity index (χ2v) is 12.5. The van der Waals surface area contributed by atoms with Gasteiger partial charge in [-0.15, -0.1) is 0 Å². The summed E-state index contributed by atoms with van der Waals surface area (Å²) in [6, 6.07) is 9.15. The normalized spacial score (nSPS) is 14.5. The van der Waals surface area contributed by atoms with Crippen molar-refractivity contribution in [3.05, 3.63) is 74.5 Å². The molecule has 0 unspecified atom stereocenters. The second-order valence-electron chi connectivity index (χ2n) is 11.3. The summed E-state index contributed by atoms with van der Waals surface area (Å²) in [6.45, 7) is -1.01. The van der Waals surface area contributed by atoms with Gasteiger partial charge in [0, 0.05) is 25.2 Å². The monoisotopic (exact) mass is 734 g/mol. The minimum atomic E-state index is -4.64. The Morgan fingerprint density at radius 2 is 1.75 bits per heavy atom. The molecule has 256 valence electrons. The third-order valence-corrected chi connectivity index (χ3v) is 9.37. The number of alkyl halides is 5. The van der Waals surface area contributed by atoms with Crippen LogP contribution in [0.25, 0.3) is 11.0 Å². The Morgan fingerprint density at radius 1 is 1.04 bits per heavy atom. The fraction of sp³-hybridized carbons (Fsp3) is 0.344. The Kier molecular flexibility index (Phi) is 10.4. The van der Waals surface area contributed by atoms with E-state index < -0.39 is 42.1 Å². The maximum atomic E-state index is 13.9. The van der Waals surface area contributed by atoms with Crippen LogP contribution in [0.2, 0.25) is 15.1 Å². The predicted molar refractivity (Wildman–Crippen MR) is 172 cm³/mol. The highest BCUT2D eigenvalue weighted by molar-refractivity contribution is 6.39. The van der Waals surface area contributed by atoms with Crippen molar-refractivity contribution in [3.8, 4) is 5.75 Å². The van der Waals surface area contributed by atoms with Gasteiger partial charge >= 0.3 is 6.18 Å². The molecule has 7 nitrogen and oxygen atoms in total. The lowest BCUT2D eigenvalue weighted by molar-refractivity contribution is -0.218. The molecule has 1 aliphatic carbocycles. The van der Waals surface area contributed by atoms with E-state index in [9.17, 15) is 35.9 Å². The molecule has 3 aromatic carbocycles. The number of nitrogens with zero attached hydrogens (tertiary/aromatic N) is 2. The quantitative estimate of drug-likeness (QED) is 0.150. The highest BCUT2D eigenvalue weighted by Crippen LogP contribution is 2.52. The van der Waals surface area contributed by atoms with Gasteiger partial charge in [0.05, 0.1) is 37.4 Å². The van der Waals surface area contributed by atoms with Gasteiger partial charge in [0.25, 0.3) is 12.3 Å². The molecule has 1 aromatic heterocycles. The number of carbonyl (C=O) groups is 2. The van der Waals surface area contributed by atoms with Crippen LogP contribution in [0.15, 0.2) is 42.5 Å². The number of aromatic nitrogens is 2. The average molecular weight is 736 g/mol. The summed E-state index contributed by atoms with van der Waals surface area (Å²) in [5.41, 5.74) is -1.24. The largest absolute Gasteiger partial charge is 0.487 e. The number of rotatable bonds is 11. The highest BCUT2D eigenvalue weighted by Gasteiger charge is 2.60. The molecule has 1 saturated carbocycles. The molecular formula is C32H27Cl3F6N4O3. The zero-order valence-corrected chi connectivity index (χ0v) is 27.4. The van der Waals surface area contributed by atoms with Crippen LogP contribution < -0.4 is 15.4 Å². The molecule has 0 saturated heterocycles. The fourth-order valence-electron chi connectivity index (χ4n) is 5.75. The zero-order valence-electron chi connectivity index (χ0n) is 25.1. The lowest BCUT2D eigenvalue weighted by Gasteiger charge is -2.30. The van der Waals surface area contributed by atoms with Crippen LogP contribution in [0, 0.1) is 11.2 Å². The van der Waals surface area contributed by atoms with E-state index >= 15 is 0 Å². The molecule has 0 aliphatic heterocycles. The number of amides is 1. The Bertz CT molecular complexity index is 1880. The molecule has 2 N–H and O–H groups in total. The van der Waals surface area contributed by atoms with E-state index in [0.717, 1.165) is 6.07 Å². The first-order chi connectivity index (χ1) is 22.6. The molecule has 5 rings (SSSR count). The molecule has 16 heteroatoms. The number of benzene rings is 3. The van der Waals surface area contributed by atoms with Gasteiger partial charge in [0.1, 0.15) is 29.4 Å². The molecule has 0 radical (unpaired) electrons. The van der Waals surface area contributed by atoms with Gasteiger partial charge in [0.2, 0.25) is 5.95 Å². The number of aryl methyl sites for hydroxylation is 2. The lowest BCUT2D eigenvalue weighted by Crippen LogP contribution is -2.42. The highest BCUT2D eigenvalue weighted by atomic mass is 35.5. The number of hydrogen-bond donors (Lipinski definition) is 2. The van der Waals surface area contributed by atoms with Crippen molar-refractivity contribution < 1.29 is 40.7 Å². The van der Waals surface area contributed by atoms with Crippen LogP contribution in [0.1, 0.15) is 48.0 Å². The predicted octanol–water partition coefficient (Wildman–Crippen LogP) is 9.94. The lowest BCUT2D eigenvalue weighted by atomic mass is 9.78. The second kappa shape index (κ2) is 14.0. The number of nitrogens with one attached hydrogen (secondary N) is 2. The molecule has 48 heavy (non-hydrogen) atoms. The maximum Gasteiger partial charge on any atom is 0.401 e. The molecule has 1 fully saturated rings. The minimum absolute atomic E-state index is 0.0630. The first kappa shape index (κ1) is 35.6. The Labute approximate surface area is 285 Å². The zero-order chi connectivity index (χ0) is 35.0. The van der Waals surface area contributed by atoms with E-state index in [4.69, 9.17) is 39.5 Å². The first-order valence-corrected chi connectivity index (χ1v) is 15.8. The van der Waals surface area contributed by atoms with Crippen molar-refractivity contribution in [1.29, 1.82) is 0 Å². The van der Waals surface area contributed by atoms with Gasteiger partial charge in [0.15, 0.2) is 0 Å². The molecule has 1 heterocycles. The third kappa shape index (κ3) is 7.18. The summed E-state index contributed by atoms with van der Waals surface area (Å²) in [7, 11) is 1.58. The van der Waals surface area contributed by atoms with Gasteiger partial charge in [-0.3, -0.25) is 9.59 Å². The Morgan fingerprint density at radius 3 is 2.40 bits per heavy atom. The van der Waals surface area contributed by atoms with E-state index in [-0.39, 0.29) is 74.9 Å². The van der Waals surface area contributed by atoms with E-state index in [1.54, 1.807) is 7.05 Å². The third-order valence-electron chi connectivity index (χ3n) is 8.33. The topological polar surface area (TPSA) is 85.2 Å². The number of halogens is 9. The number of anilines is 3. The van der Waals surface area contributed by atoms with Gasteiger partial charge in [-0.2, -0.15) is 13.2 Å². The maximum absolute atomic E-state index is 13.9. The summed E-state index contributed by atoms with van der Waals surface area (Å²) in [5, 5.41) is 5.48. The van der Waals surface area contributed by atoms with Gasteiger partial charge < -0.3 is 19.9 Å². The van der Waals surface area contributed by atoms with Crippen LogP contribution in [0.4, 0.5) is 43.7 Å². The smallest absolute Gasteiger partial charge is 0.401 e. The van der Waals surface area contributed by atoms with E-state index in [1.165, 1.54) is 41.0 Å². The van der Waals surface area contributed by atoms with Crippen LogP contribution in [-0.2, 0) is 18.3 Å². The van der Waals surface area contributed by atoms with Crippen LogP contribution in [0.5, 0.6) is 5.75 Å². The van der Waals surface area contributed by atoms with Crippen LogP contribution in [0.3, 0.4) is 0 Å². The minimum Gasteiger partial charge on any atom is -0.487 e. The number of hydrogen-bond acceptors (Lipinski definition) is 5. The van der Waals surface area contributed by atoms with Crippen molar-refractivity contribution in [2.45, 2.75) is 51.1 Å². The van der Waals surface area contributed by atoms with Crippen molar-refractivity contribution in [3.63, 3.8) is 0 Å². The van der Waals surface area contributed by atoms with Crippen molar-refractivity contribution in [1.82, 2.24) is 9.55 Å². The van der Waals surface area contributed by atoms with Crippen molar-refractivity contribution in [2.24, 2.45) is 12.5 Å². The van der Waals surface area contributed by atoms with Crippen LogP contribution >= 0.6 is 34.8 Å². The van der Waals surface area contributed by atoms with Gasteiger partial charge in [-0.05, 0) is 55.2 Å². The average Bonchev–Trinajstić information content (AvgIpc) is 3.65. The fourth-order valence-corrected chi connectivity index (χ4v) is 6.49. The van der Waals surface area contributed by atoms with Gasteiger partial charge in [-0.25, -0.2) is 18.2 Å². The standard InChI is InChI=1S/C32H27Cl3F6N4O3/c1-45-23-14-24(48-15-26(37)38)18(29(47)42-17-6-8-21(36)20(34)12-17)13-22(23)43-30(45)44-28-19(33)7-4-16(27(28)35)5-9-25(46)31(32(39,40)41)10-2-3-11-31/h4,6-8,12-14,26H,2-3,5,9-11,15H2,1H3,(H,42,47)(H,43,44). The van der Waals surface area contributed by atoms with Gasteiger partial charge in [-0.1, -0.05) is 53.7 Å². The molecule has 1 amide bonds. The Hall–Kier alpha value is -3.68. The summed E-state index contributed by atoms with van der Waals surface area (Å²) in [5.74, 6) is -2.40. The summed E-state index contributed by atoms with van der Waals surface area (Å²) in [6.07, 6.45) is -7.74. The van der Waals surface area contributed by atoms with Crippen molar-refractivity contribution >= 4 is 74.8 Å². The SMILES string of the molecule is Cn1c(Nc2c(Cl)ccc(CCC(=O)C3(C(F)(F)F)CCCC3)c2Cl)nc2cc(C(=O)Nc3ccc(F)c(Cl)c3)c(OCC(F)F)cc21. The first-order valence-electron chi connectivity index (χ1n) is 14.6. The number of Topliss-reactive ketones (excluding diaryl/α,β-unsaturated/α-hetero) is 1. The summed E-state index contributed by atoms with van der Waals surface area (Å²) in [4.78, 5) is 30.6. The summed E-state index contributed by atoms with van der Waals surface area (Å²) >= 11 is 18.9. The van der Waals surface area contributed by atoms with Crippen molar-refractivity contribution in [2.75, 3.05) is 17.2 Å². The molecular weight excluding hydrogens is 709 g/mol. The van der Waals surface area contributed by atoms with E-state index in [2.05, 4.69) is 15.6 Å². The molecule has 1 aliphatic rings. The number of ether oxygens (including phenoxy) is 1. The number of ketones is 1. The van der Waals surface area contributed by atoms with E-state index in [1.807, 2.05) is 0 Å². The number of imidazole rings is 1. The van der Waals surface area contributed by atoms with E-state index in [0.29, 0.717) is 23.9 Å². The number of carbonyl (C=O) groups excluding carboxylic acids is 2. The molecule has 0 spiro atoms. The molecule has 0 bridgehead atoms. The number of fused-ring (bicyclic) bond motifs is 1. The Balaban J connectivity index is 1.43.